The van der Waals surface area contributed by atoms with E-state index in [4.69, 9.17) is 4.74 Å². The van der Waals surface area contributed by atoms with Gasteiger partial charge in [0.2, 0.25) is 15.9 Å². The lowest BCUT2D eigenvalue weighted by atomic mass is 10.1. The third-order valence-corrected chi connectivity index (χ3v) is 4.93. The monoisotopic (exact) mass is 380 g/mol. The fourth-order valence-corrected chi connectivity index (χ4v) is 3.38. The van der Waals surface area contributed by atoms with Crippen molar-refractivity contribution in [3.8, 4) is 5.75 Å². The molecule has 1 unspecified atom stereocenters. The maximum Gasteiger partial charge on any atom is 0.241 e. The Hall–Kier alpha value is -2.61. The topological polar surface area (TPSA) is 75.7 Å². The molecule has 0 saturated carbocycles. The first-order chi connectivity index (χ1) is 12.2. The highest BCUT2D eigenvalue weighted by atomic mass is 32.2. The summed E-state index contributed by atoms with van der Waals surface area (Å²) in [6.45, 7) is 1.36. The highest BCUT2D eigenvalue weighted by Crippen LogP contribution is 2.24. The van der Waals surface area contributed by atoms with E-state index in [1.807, 2.05) is 18.2 Å². The number of ether oxygens (including phenoxy) is 1. The lowest BCUT2D eigenvalue weighted by Gasteiger charge is -2.23. The van der Waals surface area contributed by atoms with Crippen LogP contribution in [0.4, 0.5) is 10.1 Å². The van der Waals surface area contributed by atoms with Crippen molar-refractivity contribution in [2.45, 2.75) is 13.0 Å². The van der Waals surface area contributed by atoms with Crippen molar-refractivity contribution < 1.29 is 22.3 Å². The number of hydrogen-bond donors (Lipinski definition) is 1. The summed E-state index contributed by atoms with van der Waals surface area (Å²) in [4.78, 5) is 12.4. The predicted molar refractivity (Wildman–Crippen MR) is 98.1 cm³/mol. The van der Waals surface area contributed by atoms with Crippen LogP contribution in [0.1, 0.15) is 18.5 Å². The Morgan fingerprint density at radius 1 is 1.19 bits per heavy atom. The van der Waals surface area contributed by atoms with Crippen LogP contribution in [0.25, 0.3) is 0 Å². The summed E-state index contributed by atoms with van der Waals surface area (Å²) in [5.41, 5.74) is 0.991. The van der Waals surface area contributed by atoms with E-state index in [9.17, 15) is 17.6 Å². The number of halogens is 1. The molecule has 8 heteroatoms. The van der Waals surface area contributed by atoms with Crippen LogP contribution >= 0.6 is 0 Å². The summed E-state index contributed by atoms with van der Waals surface area (Å²) in [7, 11) is -2.18. The number of anilines is 1. The van der Waals surface area contributed by atoms with E-state index >= 15 is 0 Å². The molecule has 26 heavy (non-hydrogen) atoms. The fraction of sp³-hybridized carbons (Fsp3) is 0.278. The average molecular weight is 380 g/mol. The van der Waals surface area contributed by atoms with Crippen molar-refractivity contribution in [1.82, 2.24) is 5.32 Å². The zero-order valence-corrected chi connectivity index (χ0v) is 15.6. The molecule has 6 nitrogen and oxygen atoms in total. The van der Waals surface area contributed by atoms with E-state index < -0.39 is 28.3 Å². The van der Waals surface area contributed by atoms with Crippen LogP contribution in [0.2, 0.25) is 0 Å². The standard InChI is InChI=1S/C18H21FN2O4S/c1-13(16-6-4-5-7-17(16)25-2)20-18(22)12-21(26(3,23)24)15-10-8-14(19)9-11-15/h4-11,13H,12H2,1-3H3,(H,20,22). The normalized spacial score (nSPS) is 12.3. The molecule has 0 spiro atoms. The van der Waals surface area contributed by atoms with Gasteiger partial charge in [-0.05, 0) is 37.3 Å². The van der Waals surface area contributed by atoms with E-state index in [-0.39, 0.29) is 11.7 Å². The van der Waals surface area contributed by atoms with Gasteiger partial charge in [-0.25, -0.2) is 12.8 Å². The van der Waals surface area contributed by atoms with Gasteiger partial charge >= 0.3 is 0 Å². The van der Waals surface area contributed by atoms with Gasteiger partial charge in [-0.15, -0.1) is 0 Å². The maximum absolute atomic E-state index is 13.1. The number of amides is 1. The van der Waals surface area contributed by atoms with Crippen molar-refractivity contribution in [2.24, 2.45) is 0 Å². The lowest BCUT2D eigenvalue weighted by Crippen LogP contribution is -2.41. The molecule has 0 aromatic heterocycles. The molecule has 0 saturated heterocycles. The first kappa shape index (κ1) is 19.7. The Morgan fingerprint density at radius 3 is 2.38 bits per heavy atom. The van der Waals surface area contributed by atoms with Crippen LogP contribution in [0.15, 0.2) is 48.5 Å². The van der Waals surface area contributed by atoms with Crippen molar-refractivity contribution in [2.75, 3.05) is 24.2 Å². The van der Waals surface area contributed by atoms with Gasteiger partial charge in [0.1, 0.15) is 18.1 Å². The number of benzene rings is 2. The number of rotatable bonds is 7. The van der Waals surface area contributed by atoms with Gasteiger partial charge in [0.05, 0.1) is 25.1 Å². The minimum atomic E-state index is -3.71. The predicted octanol–water partition coefficient (Wildman–Crippen LogP) is 2.48. The van der Waals surface area contributed by atoms with Crippen molar-refractivity contribution >= 4 is 21.6 Å². The molecule has 2 rings (SSSR count). The molecule has 140 valence electrons. The SMILES string of the molecule is COc1ccccc1C(C)NC(=O)CN(c1ccc(F)cc1)S(C)(=O)=O. The Bertz CT molecular complexity index is 869. The minimum Gasteiger partial charge on any atom is -0.496 e. The fourth-order valence-electron chi connectivity index (χ4n) is 2.53. The summed E-state index contributed by atoms with van der Waals surface area (Å²) in [6.07, 6.45) is 0.993. The molecular weight excluding hydrogens is 359 g/mol. The van der Waals surface area contributed by atoms with E-state index in [0.29, 0.717) is 5.75 Å². The van der Waals surface area contributed by atoms with Crippen LogP contribution < -0.4 is 14.4 Å². The van der Waals surface area contributed by atoms with Crippen molar-refractivity contribution in [3.05, 3.63) is 59.9 Å². The van der Waals surface area contributed by atoms with E-state index in [0.717, 1.165) is 28.3 Å². The quantitative estimate of drug-likeness (QED) is 0.801. The van der Waals surface area contributed by atoms with E-state index in [1.165, 1.54) is 19.2 Å². The van der Waals surface area contributed by atoms with Crippen LogP contribution in [0.3, 0.4) is 0 Å². The molecule has 1 atom stereocenters. The molecule has 1 amide bonds. The van der Waals surface area contributed by atoms with Gasteiger partial charge in [0.25, 0.3) is 0 Å². The van der Waals surface area contributed by atoms with Crippen LogP contribution in [0.5, 0.6) is 5.75 Å². The first-order valence-electron chi connectivity index (χ1n) is 7.88. The molecule has 1 N–H and O–H groups in total. The largest absolute Gasteiger partial charge is 0.496 e. The van der Waals surface area contributed by atoms with Gasteiger partial charge in [-0.3, -0.25) is 9.10 Å². The second-order valence-corrected chi connectivity index (χ2v) is 7.68. The van der Waals surface area contributed by atoms with Crippen molar-refractivity contribution in [3.63, 3.8) is 0 Å². The average Bonchev–Trinajstić information content (AvgIpc) is 2.59. The molecule has 2 aromatic carbocycles. The molecule has 0 bridgehead atoms. The number of methoxy groups -OCH3 is 1. The molecule has 0 aliphatic heterocycles. The second kappa shape index (κ2) is 8.18. The molecule has 2 aromatic rings. The zero-order valence-electron chi connectivity index (χ0n) is 14.8. The van der Waals surface area contributed by atoms with Gasteiger partial charge < -0.3 is 10.1 Å². The van der Waals surface area contributed by atoms with Gasteiger partial charge in [0.15, 0.2) is 0 Å². The summed E-state index contributed by atoms with van der Waals surface area (Å²) in [6, 6.07) is 11.8. The Labute approximate surface area is 152 Å². The second-order valence-electron chi connectivity index (χ2n) is 5.78. The Kier molecular flexibility index (Phi) is 6.20. The minimum absolute atomic E-state index is 0.217. The highest BCUT2D eigenvalue weighted by Gasteiger charge is 2.22. The number of carbonyl (C=O) groups excluding carboxylic acids is 1. The van der Waals surface area contributed by atoms with Gasteiger partial charge in [-0.1, -0.05) is 18.2 Å². The lowest BCUT2D eigenvalue weighted by molar-refractivity contribution is -0.120. The third-order valence-electron chi connectivity index (χ3n) is 3.79. The summed E-state index contributed by atoms with van der Waals surface area (Å²) < 4.78 is 43.4. The molecular formula is C18H21FN2O4S. The van der Waals surface area contributed by atoms with Crippen molar-refractivity contribution in [1.29, 1.82) is 0 Å². The van der Waals surface area contributed by atoms with E-state index in [1.54, 1.807) is 13.0 Å². The number of sulfonamides is 1. The van der Waals surface area contributed by atoms with Gasteiger partial charge in [-0.2, -0.15) is 0 Å². The number of carbonyl (C=O) groups is 1. The van der Waals surface area contributed by atoms with E-state index in [2.05, 4.69) is 5.32 Å². The van der Waals surface area contributed by atoms with Crippen LogP contribution in [-0.2, 0) is 14.8 Å². The Balaban J connectivity index is 2.16. The van der Waals surface area contributed by atoms with Gasteiger partial charge in [0, 0.05) is 5.56 Å². The van der Waals surface area contributed by atoms with Crippen LogP contribution in [-0.4, -0.2) is 34.2 Å². The molecule has 0 aliphatic carbocycles. The number of nitrogens with one attached hydrogen (secondary N) is 1. The number of nitrogens with zero attached hydrogens (tertiary/aromatic N) is 1. The molecule has 0 heterocycles. The zero-order chi connectivity index (χ0) is 19.3. The summed E-state index contributed by atoms with van der Waals surface area (Å²) in [5, 5.41) is 2.76. The molecule has 0 radical (unpaired) electrons. The molecule has 0 aliphatic rings. The highest BCUT2D eigenvalue weighted by molar-refractivity contribution is 7.92. The maximum atomic E-state index is 13.1. The first-order valence-corrected chi connectivity index (χ1v) is 9.72. The number of hydrogen-bond acceptors (Lipinski definition) is 4. The third kappa shape index (κ3) is 4.95. The molecule has 0 fully saturated rings. The smallest absolute Gasteiger partial charge is 0.241 e. The summed E-state index contributed by atoms with van der Waals surface area (Å²) >= 11 is 0. The number of para-hydroxylation sites is 1. The summed E-state index contributed by atoms with van der Waals surface area (Å²) in [5.74, 6) is -0.353. The Morgan fingerprint density at radius 2 is 1.81 bits per heavy atom. The van der Waals surface area contributed by atoms with Crippen LogP contribution in [0, 0.1) is 5.82 Å².